The third-order valence-electron chi connectivity index (χ3n) is 2.53. The number of hydrogen-bond donors (Lipinski definition) is 2. The lowest BCUT2D eigenvalue weighted by Crippen LogP contribution is -2.48. The normalized spacial score (nSPS) is 19.6. The average molecular weight is 253 g/mol. The predicted octanol–water partition coefficient (Wildman–Crippen LogP) is -1.30. The molecule has 0 radical (unpaired) electrons. The number of aromatic nitrogens is 2. The number of carboxylic acids is 1. The lowest BCUT2D eigenvalue weighted by molar-refractivity contribution is -0.154. The predicted molar refractivity (Wildman–Crippen MR) is 58.1 cm³/mol. The van der Waals surface area contributed by atoms with Gasteiger partial charge in [0.2, 0.25) is 0 Å². The molecule has 8 nitrogen and oxygen atoms in total. The Morgan fingerprint density at radius 1 is 1.50 bits per heavy atom. The van der Waals surface area contributed by atoms with Crippen LogP contribution in [-0.4, -0.2) is 57.9 Å². The third kappa shape index (κ3) is 2.54. The summed E-state index contributed by atoms with van der Waals surface area (Å²) in [4.78, 5) is 34.9. The Bertz CT molecular complexity index is 506. The summed E-state index contributed by atoms with van der Waals surface area (Å²) in [5.41, 5.74) is -0.336. The number of nitrogens with zero attached hydrogens (tertiary/aromatic N) is 2. The molecule has 0 spiro atoms. The van der Waals surface area contributed by atoms with E-state index in [0.29, 0.717) is 6.54 Å². The summed E-state index contributed by atoms with van der Waals surface area (Å²) < 4.78 is 5.00. The van der Waals surface area contributed by atoms with E-state index >= 15 is 0 Å². The smallest absolute Gasteiger partial charge is 0.334 e. The molecule has 1 fully saturated rings. The van der Waals surface area contributed by atoms with Gasteiger partial charge in [-0.15, -0.1) is 0 Å². The number of ether oxygens (including phenoxy) is 1. The SMILES string of the molecule is O=C(O)C1CN(C(=O)c2ccc(=O)[nH]n2)CCO1. The molecule has 0 aromatic carbocycles. The number of rotatable bonds is 2. The standard InChI is InChI=1S/C10H11N3O5/c14-8-2-1-6(11-12-8)9(15)13-3-4-18-7(5-13)10(16)17/h1-2,7H,3-5H2,(H,12,14)(H,16,17). The van der Waals surface area contributed by atoms with Crippen molar-refractivity contribution in [2.24, 2.45) is 0 Å². The van der Waals surface area contributed by atoms with Crippen molar-refractivity contribution in [2.45, 2.75) is 6.10 Å². The molecule has 1 saturated heterocycles. The number of nitrogens with one attached hydrogen (secondary N) is 1. The molecule has 0 aliphatic carbocycles. The van der Waals surface area contributed by atoms with Gasteiger partial charge in [-0.25, -0.2) is 9.89 Å². The minimum Gasteiger partial charge on any atom is -0.479 e. The Morgan fingerprint density at radius 2 is 2.28 bits per heavy atom. The first-order valence-corrected chi connectivity index (χ1v) is 5.27. The summed E-state index contributed by atoms with van der Waals surface area (Å²) >= 11 is 0. The topological polar surface area (TPSA) is 113 Å². The van der Waals surface area contributed by atoms with E-state index in [1.807, 2.05) is 0 Å². The van der Waals surface area contributed by atoms with Crippen LogP contribution in [-0.2, 0) is 9.53 Å². The molecule has 2 N–H and O–H groups in total. The molecule has 1 unspecified atom stereocenters. The van der Waals surface area contributed by atoms with Crippen LogP contribution in [0.4, 0.5) is 0 Å². The highest BCUT2D eigenvalue weighted by Crippen LogP contribution is 2.08. The van der Waals surface area contributed by atoms with Gasteiger partial charge in [-0.05, 0) is 6.07 Å². The molecule has 1 atom stereocenters. The molecular weight excluding hydrogens is 242 g/mol. The lowest BCUT2D eigenvalue weighted by Gasteiger charge is -2.30. The van der Waals surface area contributed by atoms with Crippen molar-refractivity contribution in [1.29, 1.82) is 0 Å². The summed E-state index contributed by atoms with van der Waals surface area (Å²) in [6.45, 7) is 0.421. The van der Waals surface area contributed by atoms with Crippen LogP contribution in [0.1, 0.15) is 10.5 Å². The maximum Gasteiger partial charge on any atom is 0.334 e. The van der Waals surface area contributed by atoms with Crippen molar-refractivity contribution in [3.63, 3.8) is 0 Å². The Hall–Kier alpha value is -2.22. The van der Waals surface area contributed by atoms with Crippen molar-refractivity contribution in [2.75, 3.05) is 19.7 Å². The molecular formula is C10H11N3O5. The zero-order valence-corrected chi connectivity index (χ0v) is 9.33. The monoisotopic (exact) mass is 253 g/mol. The number of H-pyrrole nitrogens is 1. The molecule has 2 heterocycles. The van der Waals surface area contributed by atoms with E-state index in [4.69, 9.17) is 9.84 Å². The fraction of sp³-hybridized carbons (Fsp3) is 0.400. The quantitative estimate of drug-likeness (QED) is 0.677. The number of amides is 1. The van der Waals surface area contributed by atoms with Gasteiger partial charge >= 0.3 is 5.97 Å². The van der Waals surface area contributed by atoms with E-state index in [0.717, 1.165) is 0 Å². The zero-order chi connectivity index (χ0) is 13.1. The first kappa shape index (κ1) is 12.2. The zero-order valence-electron chi connectivity index (χ0n) is 9.33. The summed E-state index contributed by atoms with van der Waals surface area (Å²) in [5, 5.41) is 14.6. The molecule has 0 bridgehead atoms. The summed E-state index contributed by atoms with van der Waals surface area (Å²) in [7, 11) is 0. The highest BCUT2D eigenvalue weighted by molar-refractivity contribution is 5.92. The summed E-state index contributed by atoms with van der Waals surface area (Å²) in [6.07, 6.45) is -1.02. The van der Waals surface area contributed by atoms with Gasteiger partial charge in [0.1, 0.15) is 5.69 Å². The number of carboxylic acid groups (broad SMARTS) is 1. The number of carbonyl (C=O) groups excluding carboxylic acids is 1. The van der Waals surface area contributed by atoms with Crippen LogP contribution >= 0.6 is 0 Å². The van der Waals surface area contributed by atoms with Gasteiger partial charge < -0.3 is 14.7 Å². The van der Waals surface area contributed by atoms with Crippen molar-refractivity contribution in [3.8, 4) is 0 Å². The first-order valence-electron chi connectivity index (χ1n) is 5.27. The van der Waals surface area contributed by atoms with E-state index in [-0.39, 0.29) is 18.8 Å². The van der Waals surface area contributed by atoms with Crippen LogP contribution in [0.15, 0.2) is 16.9 Å². The van der Waals surface area contributed by atoms with E-state index in [1.165, 1.54) is 17.0 Å². The van der Waals surface area contributed by atoms with E-state index in [2.05, 4.69) is 10.2 Å². The second-order valence-electron chi connectivity index (χ2n) is 3.76. The molecule has 1 aromatic rings. The second kappa shape index (κ2) is 4.96. The Labute approximate surface area is 101 Å². The maximum absolute atomic E-state index is 12.0. The van der Waals surface area contributed by atoms with Gasteiger partial charge in [0.05, 0.1) is 13.2 Å². The van der Waals surface area contributed by atoms with Gasteiger partial charge in [0.25, 0.3) is 11.5 Å². The molecule has 1 amide bonds. The van der Waals surface area contributed by atoms with E-state index in [9.17, 15) is 14.4 Å². The fourth-order valence-corrected chi connectivity index (χ4v) is 1.61. The van der Waals surface area contributed by atoms with Gasteiger partial charge in [0.15, 0.2) is 6.10 Å². The van der Waals surface area contributed by atoms with Gasteiger partial charge in [-0.3, -0.25) is 9.59 Å². The van der Waals surface area contributed by atoms with Gasteiger partial charge in [-0.1, -0.05) is 0 Å². The molecule has 1 aliphatic rings. The lowest BCUT2D eigenvalue weighted by atomic mass is 10.2. The first-order chi connectivity index (χ1) is 8.58. The van der Waals surface area contributed by atoms with Crippen LogP contribution < -0.4 is 5.56 Å². The molecule has 18 heavy (non-hydrogen) atoms. The minimum absolute atomic E-state index is 0.0328. The van der Waals surface area contributed by atoms with Crippen LogP contribution in [0.25, 0.3) is 0 Å². The van der Waals surface area contributed by atoms with Crippen LogP contribution in [0.2, 0.25) is 0 Å². The maximum atomic E-state index is 12.0. The van der Waals surface area contributed by atoms with Gasteiger partial charge in [-0.2, -0.15) is 5.10 Å². The molecule has 1 aromatic heterocycles. The van der Waals surface area contributed by atoms with E-state index < -0.39 is 23.5 Å². The fourth-order valence-electron chi connectivity index (χ4n) is 1.61. The third-order valence-corrected chi connectivity index (χ3v) is 2.53. The van der Waals surface area contributed by atoms with Crippen molar-refractivity contribution >= 4 is 11.9 Å². The second-order valence-corrected chi connectivity index (χ2v) is 3.76. The number of hydrogen-bond acceptors (Lipinski definition) is 5. The average Bonchev–Trinajstić information content (AvgIpc) is 2.39. The van der Waals surface area contributed by atoms with Crippen molar-refractivity contribution < 1.29 is 19.4 Å². The Balaban J connectivity index is 2.11. The van der Waals surface area contributed by atoms with Crippen LogP contribution in [0.3, 0.4) is 0 Å². The summed E-state index contributed by atoms with van der Waals surface area (Å²) in [5.74, 6) is -1.54. The Morgan fingerprint density at radius 3 is 2.89 bits per heavy atom. The molecule has 2 rings (SSSR count). The van der Waals surface area contributed by atoms with Crippen molar-refractivity contribution in [3.05, 3.63) is 28.2 Å². The molecule has 96 valence electrons. The highest BCUT2D eigenvalue weighted by atomic mass is 16.5. The van der Waals surface area contributed by atoms with E-state index in [1.54, 1.807) is 0 Å². The number of aromatic amines is 1. The number of aliphatic carboxylic acids is 1. The largest absolute Gasteiger partial charge is 0.479 e. The molecule has 1 aliphatic heterocycles. The van der Waals surface area contributed by atoms with Crippen molar-refractivity contribution in [1.82, 2.24) is 15.1 Å². The summed E-state index contributed by atoms with van der Waals surface area (Å²) in [6, 6.07) is 2.49. The van der Waals surface area contributed by atoms with Gasteiger partial charge in [0, 0.05) is 12.6 Å². The Kier molecular flexibility index (Phi) is 3.38. The van der Waals surface area contributed by atoms with Crippen LogP contribution in [0, 0.1) is 0 Å². The number of morpholine rings is 1. The molecule has 8 heteroatoms. The number of carbonyl (C=O) groups is 2. The minimum atomic E-state index is -1.11. The molecule has 0 saturated carbocycles. The van der Waals surface area contributed by atoms with Crippen LogP contribution in [0.5, 0.6) is 0 Å². The highest BCUT2D eigenvalue weighted by Gasteiger charge is 2.29.